The monoisotopic (exact) mass is 312 g/mol. The molecule has 1 heterocycles. The van der Waals surface area contributed by atoms with E-state index in [1.54, 1.807) is 7.11 Å². The molecular formula is C13H17BrN2O2. The zero-order valence-corrected chi connectivity index (χ0v) is 12.0. The standard InChI is InChI=1S/C13H17BrN2O2/c1-18-13(6-2-3-7-13)12-15-10(8-4-5-8)9(14)11(17)16-12/h8H,2-7H2,1H3,(H,15,16,17). The Morgan fingerprint density at radius 1 is 1.39 bits per heavy atom. The molecule has 2 fully saturated rings. The lowest BCUT2D eigenvalue weighted by molar-refractivity contribution is -0.0167. The maximum Gasteiger partial charge on any atom is 0.265 e. The SMILES string of the molecule is COC1(c2nc(C3CC3)c(Br)c(=O)[nH]2)CCCC1. The molecule has 2 saturated carbocycles. The van der Waals surface area contributed by atoms with Crippen LogP contribution in [0.3, 0.4) is 0 Å². The van der Waals surface area contributed by atoms with Gasteiger partial charge in [0.1, 0.15) is 15.9 Å². The van der Waals surface area contributed by atoms with E-state index in [9.17, 15) is 4.79 Å². The van der Waals surface area contributed by atoms with Crippen LogP contribution in [0.2, 0.25) is 0 Å². The van der Waals surface area contributed by atoms with Crippen LogP contribution >= 0.6 is 15.9 Å². The Hall–Kier alpha value is -0.680. The normalized spacial score (nSPS) is 22.3. The molecule has 2 aliphatic rings. The third-order valence-corrected chi connectivity index (χ3v) is 4.85. The molecule has 4 nitrogen and oxygen atoms in total. The fraction of sp³-hybridized carbons (Fsp3) is 0.692. The van der Waals surface area contributed by atoms with Crippen LogP contribution in [0.15, 0.2) is 9.27 Å². The summed E-state index contributed by atoms with van der Waals surface area (Å²) in [6, 6.07) is 0. The highest BCUT2D eigenvalue weighted by molar-refractivity contribution is 9.10. The van der Waals surface area contributed by atoms with E-state index in [0.29, 0.717) is 10.4 Å². The summed E-state index contributed by atoms with van der Waals surface area (Å²) >= 11 is 3.36. The third-order valence-electron chi connectivity index (χ3n) is 4.09. The second kappa shape index (κ2) is 4.46. The second-order valence-electron chi connectivity index (χ2n) is 5.29. The van der Waals surface area contributed by atoms with Crippen LogP contribution in [-0.4, -0.2) is 17.1 Å². The molecule has 18 heavy (non-hydrogen) atoms. The zero-order chi connectivity index (χ0) is 12.8. The number of hydrogen-bond donors (Lipinski definition) is 1. The molecule has 5 heteroatoms. The van der Waals surface area contributed by atoms with Gasteiger partial charge in [-0.25, -0.2) is 4.98 Å². The molecule has 0 atom stereocenters. The predicted molar refractivity (Wildman–Crippen MR) is 71.7 cm³/mol. The smallest absolute Gasteiger partial charge is 0.265 e. The average molecular weight is 313 g/mol. The number of hydrogen-bond acceptors (Lipinski definition) is 3. The van der Waals surface area contributed by atoms with Crippen LogP contribution in [0.5, 0.6) is 0 Å². The Bertz CT molecular complexity index is 516. The fourth-order valence-corrected chi connectivity index (χ4v) is 3.31. The van der Waals surface area contributed by atoms with Gasteiger partial charge in [0, 0.05) is 13.0 Å². The summed E-state index contributed by atoms with van der Waals surface area (Å²) in [5.74, 6) is 1.17. The van der Waals surface area contributed by atoms with Gasteiger partial charge in [-0.1, -0.05) is 0 Å². The van der Waals surface area contributed by atoms with Crippen LogP contribution in [0.25, 0.3) is 0 Å². The van der Waals surface area contributed by atoms with Gasteiger partial charge in [0.2, 0.25) is 0 Å². The Morgan fingerprint density at radius 3 is 2.61 bits per heavy atom. The molecule has 1 N–H and O–H groups in total. The van der Waals surface area contributed by atoms with Crippen molar-refractivity contribution in [1.82, 2.24) is 9.97 Å². The topological polar surface area (TPSA) is 55.0 Å². The summed E-state index contributed by atoms with van der Waals surface area (Å²) < 4.78 is 6.28. The van der Waals surface area contributed by atoms with E-state index in [0.717, 1.165) is 50.0 Å². The lowest BCUT2D eigenvalue weighted by Gasteiger charge is -2.26. The Balaban J connectivity index is 2.09. The summed E-state index contributed by atoms with van der Waals surface area (Å²) in [6.45, 7) is 0. The molecule has 0 unspecified atom stereocenters. The number of aromatic nitrogens is 2. The molecule has 0 amide bonds. The number of rotatable bonds is 3. The minimum absolute atomic E-state index is 0.0785. The van der Waals surface area contributed by atoms with E-state index >= 15 is 0 Å². The van der Waals surface area contributed by atoms with Gasteiger partial charge in [-0.2, -0.15) is 0 Å². The first-order chi connectivity index (χ1) is 8.66. The van der Waals surface area contributed by atoms with Crippen molar-refractivity contribution < 1.29 is 4.74 Å². The van der Waals surface area contributed by atoms with Gasteiger partial charge >= 0.3 is 0 Å². The average Bonchev–Trinajstić information content (AvgIpc) is 3.10. The van der Waals surface area contributed by atoms with Crippen molar-refractivity contribution >= 4 is 15.9 Å². The van der Waals surface area contributed by atoms with Crippen LogP contribution in [0.4, 0.5) is 0 Å². The van der Waals surface area contributed by atoms with Crippen LogP contribution in [-0.2, 0) is 10.3 Å². The Labute approximate surface area is 114 Å². The lowest BCUT2D eigenvalue weighted by atomic mass is 10.0. The number of nitrogens with zero attached hydrogens (tertiary/aromatic N) is 1. The number of halogens is 1. The molecule has 0 aliphatic heterocycles. The lowest BCUT2D eigenvalue weighted by Crippen LogP contribution is -2.31. The molecule has 0 radical (unpaired) electrons. The van der Waals surface area contributed by atoms with E-state index in [4.69, 9.17) is 9.72 Å². The zero-order valence-electron chi connectivity index (χ0n) is 10.5. The predicted octanol–water partition coefficient (Wildman–Crippen LogP) is 2.83. The Kier molecular flexibility index (Phi) is 3.06. The molecule has 0 spiro atoms. The van der Waals surface area contributed by atoms with Crippen molar-refractivity contribution in [3.63, 3.8) is 0 Å². The highest BCUT2D eigenvalue weighted by Gasteiger charge is 2.39. The minimum atomic E-state index is -0.372. The highest BCUT2D eigenvalue weighted by atomic mass is 79.9. The molecule has 0 bridgehead atoms. The molecule has 3 rings (SSSR count). The van der Waals surface area contributed by atoms with Gasteiger partial charge in [0.05, 0.1) is 5.69 Å². The van der Waals surface area contributed by atoms with E-state index in [1.165, 1.54) is 0 Å². The van der Waals surface area contributed by atoms with Crippen molar-refractivity contribution in [3.05, 3.63) is 26.3 Å². The van der Waals surface area contributed by atoms with E-state index in [1.807, 2.05) is 0 Å². The maximum atomic E-state index is 12.0. The first kappa shape index (κ1) is 12.4. The molecule has 1 aromatic heterocycles. The van der Waals surface area contributed by atoms with Crippen LogP contribution in [0, 0.1) is 0 Å². The van der Waals surface area contributed by atoms with Gasteiger partial charge < -0.3 is 9.72 Å². The number of H-pyrrole nitrogens is 1. The summed E-state index contributed by atoms with van der Waals surface area (Å²) in [5, 5.41) is 0. The molecule has 0 aromatic carbocycles. The van der Waals surface area contributed by atoms with Gasteiger partial charge in [0.15, 0.2) is 0 Å². The molecule has 2 aliphatic carbocycles. The third kappa shape index (κ3) is 1.93. The highest BCUT2D eigenvalue weighted by Crippen LogP contribution is 2.44. The Morgan fingerprint density at radius 2 is 2.06 bits per heavy atom. The van der Waals surface area contributed by atoms with Crippen LogP contribution < -0.4 is 5.56 Å². The van der Waals surface area contributed by atoms with E-state index < -0.39 is 0 Å². The summed E-state index contributed by atoms with van der Waals surface area (Å²) in [5.41, 5.74) is 0.464. The van der Waals surface area contributed by atoms with Gasteiger partial charge in [0.25, 0.3) is 5.56 Å². The first-order valence-electron chi connectivity index (χ1n) is 6.51. The summed E-state index contributed by atoms with van der Waals surface area (Å²) in [6.07, 6.45) is 6.41. The molecule has 1 aromatic rings. The second-order valence-corrected chi connectivity index (χ2v) is 6.09. The largest absolute Gasteiger partial charge is 0.370 e. The van der Waals surface area contributed by atoms with Gasteiger partial charge in [-0.15, -0.1) is 0 Å². The quantitative estimate of drug-likeness (QED) is 0.933. The van der Waals surface area contributed by atoms with Crippen molar-refractivity contribution in [1.29, 1.82) is 0 Å². The fourth-order valence-electron chi connectivity index (χ4n) is 2.80. The van der Waals surface area contributed by atoms with E-state index in [-0.39, 0.29) is 11.2 Å². The first-order valence-corrected chi connectivity index (χ1v) is 7.31. The molecular weight excluding hydrogens is 296 g/mol. The summed E-state index contributed by atoms with van der Waals surface area (Å²) in [4.78, 5) is 19.6. The van der Waals surface area contributed by atoms with Crippen molar-refractivity contribution in [2.24, 2.45) is 0 Å². The van der Waals surface area contributed by atoms with E-state index in [2.05, 4.69) is 20.9 Å². The minimum Gasteiger partial charge on any atom is -0.370 e. The van der Waals surface area contributed by atoms with Gasteiger partial charge in [-0.05, 0) is 54.5 Å². The molecule has 0 saturated heterocycles. The van der Waals surface area contributed by atoms with Crippen molar-refractivity contribution in [2.75, 3.05) is 7.11 Å². The van der Waals surface area contributed by atoms with Crippen LogP contribution in [0.1, 0.15) is 56.0 Å². The number of methoxy groups -OCH3 is 1. The van der Waals surface area contributed by atoms with Gasteiger partial charge in [-0.3, -0.25) is 4.79 Å². The van der Waals surface area contributed by atoms with Crippen molar-refractivity contribution in [3.8, 4) is 0 Å². The maximum absolute atomic E-state index is 12.0. The molecule has 98 valence electrons. The van der Waals surface area contributed by atoms with Crippen molar-refractivity contribution in [2.45, 2.75) is 50.0 Å². The number of aromatic amines is 1. The number of ether oxygens (including phenoxy) is 1. The number of nitrogens with one attached hydrogen (secondary N) is 1. The summed E-state index contributed by atoms with van der Waals surface area (Å²) in [7, 11) is 1.71.